The van der Waals surface area contributed by atoms with Gasteiger partial charge in [-0.15, -0.1) is 6.42 Å². The van der Waals surface area contributed by atoms with Gasteiger partial charge in [0.15, 0.2) is 6.10 Å². The van der Waals surface area contributed by atoms with Gasteiger partial charge >= 0.3 is 5.97 Å². The first-order valence-corrected chi connectivity index (χ1v) is 10.7. The molecule has 0 aromatic rings. The summed E-state index contributed by atoms with van der Waals surface area (Å²) in [5.74, 6) is 2.12. The number of carbonyl (C=O) groups is 1. The van der Waals surface area contributed by atoms with Crippen molar-refractivity contribution in [3.8, 4) is 12.3 Å². The smallest absolute Gasteiger partial charge is 0.304 e. The van der Waals surface area contributed by atoms with E-state index in [1.807, 2.05) is 6.08 Å². The number of hydrogen-bond donors (Lipinski definition) is 0. The van der Waals surface area contributed by atoms with Gasteiger partial charge in [0.1, 0.15) is 0 Å². The van der Waals surface area contributed by atoms with Gasteiger partial charge in [0.2, 0.25) is 0 Å². The molecule has 2 nitrogen and oxygen atoms in total. The molecule has 1 atom stereocenters. The molecule has 0 aliphatic heterocycles. The van der Waals surface area contributed by atoms with Crippen LogP contribution in [0.2, 0.25) is 0 Å². The molecule has 0 unspecified atom stereocenters. The maximum absolute atomic E-state index is 10.8. The number of esters is 1. The fourth-order valence-electron chi connectivity index (χ4n) is 2.86. The molecule has 0 fully saturated rings. The molecular formula is C24H40O2. The van der Waals surface area contributed by atoms with Gasteiger partial charge in [-0.25, -0.2) is 0 Å². The summed E-state index contributed by atoms with van der Waals surface area (Å²) in [5, 5.41) is 0. The Morgan fingerprint density at radius 2 is 1.31 bits per heavy atom. The van der Waals surface area contributed by atoms with Crippen LogP contribution < -0.4 is 0 Å². The highest BCUT2D eigenvalue weighted by molar-refractivity contribution is 5.66. The normalized spacial score (nSPS) is 12.5. The summed E-state index contributed by atoms with van der Waals surface area (Å²) in [5.41, 5.74) is 0. The molecule has 26 heavy (non-hydrogen) atoms. The molecule has 0 aromatic carbocycles. The Kier molecular flexibility index (Phi) is 18.7. The molecule has 0 rings (SSSR count). The number of rotatable bonds is 17. The Morgan fingerprint density at radius 1 is 0.846 bits per heavy atom. The largest absolute Gasteiger partial charge is 0.445 e. The van der Waals surface area contributed by atoms with Crippen molar-refractivity contribution in [2.75, 3.05) is 0 Å². The maximum Gasteiger partial charge on any atom is 0.304 e. The molecular weight excluding hydrogens is 320 g/mol. The van der Waals surface area contributed by atoms with Gasteiger partial charge in [-0.2, -0.15) is 0 Å². The number of ether oxygens (including phenoxy) is 1. The van der Waals surface area contributed by atoms with Crippen molar-refractivity contribution in [3.05, 3.63) is 24.3 Å². The third-order valence-corrected chi connectivity index (χ3v) is 4.40. The lowest BCUT2D eigenvalue weighted by molar-refractivity contribution is -0.142. The highest BCUT2D eigenvalue weighted by Gasteiger charge is 2.02. The van der Waals surface area contributed by atoms with E-state index in [0.717, 1.165) is 6.42 Å². The summed E-state index contributed by atoms with van der Waals surface area (Å²) in [7, 11) is 0. The van der Waals surface area contributed by atoms with Gasteiger partial charge in [-0.1, -0.05) is 82.4 Å². The SMILES string of the molecule is C#C[C@H](/C=C/CCCCCCCCC/C=C\CCCCCC)OC(C)=O. The molecule has 0 aliphatic rings. The molecule has 0 N–H and O–H groups in total. The number of hydrogen-bond acceptors (Lipinski definition) is 2. The molecule has 0 bridgehead atoms. The van der Waals surface area contributed by atoms with Gasteiger partial charge in [0.05, 0.1) is 0 Å². The monoisotopic (exact) mass is 360 g/mol. The highest BCUT2D eigenvalue weighted by Crippen LogP contribution is 2.11. The third kappa shape index (κ3) is 18.8. The predicted octanol–water partition coefficient (Wildman–Crippen LogP) is 7.15. The van der Waals surface area contributed by atoms with Crippen LogP contribution in [-0.2, 0) is 9.53 Å². The Bertz CT molecular complexity index is 414. The van der Waals surface area contributed by atoms with Crippen LogP contribution in [0.4, 0.5) is 0 Å². The third-order valence-electron chi connectivity index (χ3n) is 4.40. The van der Waals surface area contributed by atoms with Crippen molar-refractivity contribution in [2.24, 2.45) is 0 Å². The zero-order valence-corrected chi connectivity index (χ0v) is 17.2. The topological polar surface area (TPSA) is 26.3 Å². The second-order valence-electron chi connectivity index (χ2n) is 7.00. The van der Waals surface area contributed by atoms with Gasteiger partial charge in [0.25, 0.3) is 0 Å². The van der Waals surface area contributed by atoms with Crippen molar-refractivity contribution in [3.63, 3.8) is 0 Å². The molecule has 0 amide bonds. The number of carbonyl (C=O) groups excluding carboxylic acids is 1. The number of unbranched alkanes of at least 4 members (excludes halogenated alkanes) is 12. The lowest BCUT2D eigenvalue weighted by Crippen LogP contribution is -2.10. The van der Waals surface area contributed by atoms with Crippen LogP contribution in [0, 0.1) is 12.3 Å². The van der Waals surface area contributed by atoms with Crippen molar-refractivity contribution in [2.45, 2.75) is 110 Å². The average molecular weight is 361 g/mol. The minimum absolute atomic E-state index is 0.333. The molecule has 0 aliphatic carbocycles. The Labute approximate surface area is 162 Å². The molecule has 0 heterocycles. The van der Waals surface area contributed by atoms with Crippen LogP contribution in [0.3, 0.4) is 0 Å². The molecule has 0 spiro atoms. The van der Waals surface area contributed by atoms with Gasteiger partial charge < -0.3 is 4.74 Å². The van der Waals surface area contributed by atoms with Gasteiger partial charge in [0, 0.05) is 6.92 Å². The standard InChI is InChI=1S/C24H40O2/c1-4-6-7-8-9-10-11-12-13-14-15-16-17-18-19-20-21-22-24(5-2)26-23(3)25/h2,10-11,21-22,24H,4,6-9,12-20H2,1,3H3/b11-10-,22-21+/t24-/m1/s1. The summed E-state index contributed by atoms with van der Waals surface area (Å²) >= 11 is 0. The van der Waals surface area contributed by atoms with E-state index < -0.39 is 6.10 Å². The van der Waals surface area contributed by atoms with Crippen LogP contribution in [-0.4, -0.2) is 12.1 Å². The Balaban J connectivity index is 3.32. The van der Waals surface area contributed by atoms with Crippen LogP contribution in [0.1, 0.15) is 104 Å². The van der Waals surface area contributed by atoms with E-state index >= 15 is 0 Å². The predicted molar refractivity (Wildman–Crippen MR) is 113 cm³/mol. The number of allylic oxidation sites excluding steroid dienone is 3. The fourth-order valence-corrected chi connectivity index (χ4v) is 2.86. The maximum atomic E-state index is 10.8. The van der Waals surface area contributed by atoms with Crippen molar-refractivity contribution >= 4 is 5.97 Å². The van der Waals surface area contributed by atoms with E-state index in [9.17, 15) is 4.79 Å². The Morgan fingerprint density at radius 3 is 1.77 bits per heavy atom. The van der Waals surface area contributed by atoms with Crippen LogP contribution in [0.15, 0.2) is 24.3 Å². The van der Waals surface area contributed by atoms with Gasteiger partial charge in [-0.3, -0.25) is 4.79 Å². The molecule has 0 saturated heterocycles. The van der Waals surface area contributed by atoms with Gasteiger partial charge in [-0.05, 0) is 44.6 Å². The minimum atomic E-state index is -0.516. The summed E-state index contributed by atoms with van der Waals surface area (Å²) in [6.45, 7) is 3.64. The van der Waals surface area contributed by atoms with E-state index in [2.05, 4.69) is 25.0 Å². The minimum Gasteiger partial charge on any atom is -0.445 e. The van der Waals surface area contributed by atoms with E-state index in [-0.39, 0.29) is 5.97 Å². The van der Waals surface area contributed by atoms with Crippen molar-refractivity contribution < 1.29 is 9.53 Å². The van der Waals surface area contributed by atoms with Crippen LogP contribution in [0.5, 0.6) is 0 Å². The molecule has 148 valence electrons. The summed E-state index contributed by atoms with van der Waals surface area (Å²) in [6, 6.07) is 0. The first kappa shape index (κ1) is 24.5. The average Bonchev–Trinajstić information content (AvgIpc) is 2.63. The first-order chi connectivity index (χ1) is 12.7. The van der Waals surface area contributed by atoms with E-state index in [1.54, 1.807) is 6.08 Å². The molecule has 0 aromatic heterocycles. The lowest BCUT2D eigenvalue weighted by atomic mass is 10.1. The summed E-state index contributed by atoms with van der Waals surface area (Å²) in [6.07, 6.45) is 31.4. The second-order valence-corrected chi connectivity index (χ2v) is 7.00. The second kappa shape index (κ2) is 19.8. The zero-order chi connectivity index (χ0) is 19.3. The van der Waals surface area contributed by atoms with E-state index in [1.165, 1.54) is 90.4 Å². The Hall–Kier alpha value is -1.49. The fraction of sp³-hybridized carbons (Fsp3) is 0.708. The highest BCUT2D eigenvalue weighted by atomic mass is 16.5. The van der Waals surface area contributed by atoms with E-state index in [0.29, 0.717) is 0 Å². The summed E-state index contributed by atoms with van der Waals surface area (Å²) in [4.78, 5) is 10.8. The number of terminal acetylenes is 1. The first-order valence-electron chi connectivity index (χ1n) is 10.7. The zero-order valence-electron chi connectivity index (χ0n) is 17.2. The van der Waals surface area contributed by atoms with Crippen molar-refractivity contribution in [1.82, 2.24) is 0 Å². The van der Waals surface area contributed by atoms with Crippen LogP contribution >= 0.6 is 0 Å². The summed E-state index contributed by atoms with van der Waals surface area (Å²) < 4.78 is 4.96. The van der Waals surface area contributed by atoms with Crippen LogP contribution in [0.25, 0.3) is 0 Å². The quantitative estimate of drug-likeness (QED) is 0.119. The molecule has 2 heteroatoms. The lowest BCUT2D eigenvalue weighted by Gasteiger charge is -2.05. The molecule has 0 radical (unpaired) electrons. The van der Waals surface area contributed by atoms with Crippen molar-refractivity contribution in [1.29, 1.82) is 0 Å². The molecule has 0 saturated carbocycles. The van der Waals surface area contributed by atoms with E-state index in [4.69, 9.17) is 11.2 Å².